The van der Waals surface area contributed by atoms with Crippen molar-refractivity contribution in [1.82, 2.24) is 20.2 Å². The molecule has 1 amide bonds. The summed E-state index contributed by atoms with van der Waals surface area (Å²) in [7, 11) is 0. The molecular weight excluding hydrogens is 238 g/mol. The zero-order valence-electron chi connectivity index (χ0n) is 9.99. The van der Waals surface area contributed by atoms with E-state index in [9.17, 15) is 9.90 Å². The van der Waals surface area contributed by atoms with Crippen LogP contribution in [0.25, 0.3) is 0 Å². The first kappa shape index (κ1) is 12.2. The summed E-state index contributed by atoms with van der Waals surface area (Å²) < 4.78 is 6.16. The molecule has 18 heavy (non-hydrogen) atoms. The van der Waals surface area contributed by atoms with Crippen molar-refractivity contribution in [3.05, 3.63) is 23.7 Å². The lowest BCUT2D eigenvalue weighted by Crippen LogP contribution is -2.19. The molecule has 2 rings (SSSR count). The van der Waals surface area contributed by atoms with Gasteiger partial charge in [-0.15, -0.1) is 5.10 Å². The molecule has 0 saturated heterocycles. The van der Waals surface area contributed by atoms with Gasteiger partial charge in [0.25, 0.3) is 0 Å². The molecule has 2 heterocycles. The maximum absolute atomic E-state index is 11.6. The summed E-state index contributed by atoms with van der Waals surface area (Å²) >= 11 is 0. The van der Waals surface area contributed by atoms with Gasteiger partial charge in [-0.1, -0.05) is 10.4 Å². The van der Waals surface area contributed by atoms with Gasteiger partial charge in [0.05, 0.1) is 12.3 Å². The number of hydrogen-bond donors (Lipinski definition) is 2. The Morgan fingerprint density at radius 1 is 1.67 bits per heavy atom. The predicted molar refractivity (Wildman–Crippen MR) is 60.5 cm³/mol. The molecule has 2 aromatic rings. The summed E-state index contributed by atoms with van der Waals surface area (Å²) in [5.41, 5.74) is 0.417. The first-order chi connectivity index (χ1) is 8.54. The van der Waals surface area contributed by atoms with Crippen LogP contribution in [0.15, 0.2) is 16.8 Å². The van der Waals surface area contributed by atoms with Crippen molar-refractivity contribution >= 4 is 11.7 Å². The van der Waals surface area contributed by atoms with E-state index in [1.807, 2.05) is 0 Å². The van der Waals surface area contributed by atoms with Crippen molar-refractivity contribution < 1.29 is 14.4 Å². The molecular formula is C10H13N5O3. The Balaban J connectivity index is 1.94. The minimum Gasteiger partial charge on any atom is -0.387 e. The van der Waals surface area contributed by atoms with E-state index < -0.39 is 6.10 Å². The molecule has 96 valence electrons. The first-order valence-corrected chi connectivity index (χ1v) is 5.36. The van der Waals surface area contributed by atoms with Gasteiger partial charge in [-0.3, -0.25) is 4.79 Å². The van der Waals surface area contributed by atoms with Crippen molar-refractivity contribution in [1.29, 1.82) is 0 Å². The normalized spacial score (nSPS) is 12.4. The Morgan fingerprint density at radius 2 is 2.44 bits per heavy atom. The molecule has 1 unspecified atom stereocenters. The molecule has 0 aliphatic rings. The zero-order chi connectivity index (χ0) is 13.1. The van der Waals surface area contributed by atoms with Crippen LogP contribution in [0.5, 0.6) is 0 Å². The number of nitrogens with one attached hydrogen (secondary N) is 1. The third-order valence-electron chi connectivity index (χ3n) is 2.19. The second-order valence-corrected chi connectivity index (χ2v) is 3.89. The molecule has 8 nitrogen and oxygen atoms in total. The fourth-order valence-electron chi connectivity index (χ4n) is 1.34. The van der Waals surface area contributed by atoms with Gasteiger partial charge in [-0.25, -0.2) is 4.68 Å². The first-order valence-electron chi connectivity index (χ1n) is 5.36. The van der Waals surface area contributed by atoms with E-state index in [0.717, 1.165) is 0 Å². The van der Waals surface area contributed by atoms with Gasteiger partial charge in [-0.05, 0) is 13.8 Å². The van der Waals surface area contributed by atoms with E-state index in [1.165, 1.54) is 10.9 Å². The number of aromatic nitrogens is 4. The van der Waals surface area contributed by atoms with Gasteiger partial charge in [0.1, 0.15) is 18.0 Å². The molecule has 8 heteroatoms. The van der Waals surface area contributed by atoms with E-state index in [-0.39, 0.29) is 12.5 Å². The summed E-state index contributed by atoms with van der Waals surface area (Å²) in [5.74, 6) is 0.668. The van der Waals surface area contributed by atoms with Crippen molar-refractivity contribution in [3.8, 4) is 0 Å². The SMILES string of the molecule is Cc1cc(NC(=O)Cn2cc(C(C)O)nn2)no1. The Hall–Kier alpha value is -2.22. The second kappa shape index (κ2) is 4.96. The van der Waals surface area contributed by atoms with Crippen LogP contribution in [0.1, 0.15) is 24.5 Å². The summed E-state index contributed by atoms with van der Waals surface area (Å²) in [6.45, 7) is 3.30. The molecule has 0 aliphatic carbocycles. The highest BCUT2D eigenvalue weighted by molar-refractivity contribution is 5.89. The highest BCUT2D eigenvalue weighted by atomic mass is 16.5. The van der Waals surface area contributed by atoms with Gasteiger partial charge in [-0.2, -0.15) is 0 Å². The molecule has 0 radical (unpaired) electrons. The lowest BCUT2D eigenvalue weighted by atomic mass is 10.3. The third-order valence-corrected chi connectivity index (χ3v) is 2.19. The second-order valence-electron chi connectivity index (χ2n) is 3.89. The summed E-state index contributed by atoms with van der Waals surface area (Å²) in [4.78, 5) is 11.6. The molecule has 2 N–H and O–H groups in total. The van der Waals surface area contributed by atoms with Gasteiger partial charge in [0.2, 0.25) is 5.91 Å². The monoisotopic (exact) mass is 251 g/mol. The van der Waals surface area contributed by atoms with Crippen LogP contribution in [-0.2, 0) is 11.3 Å². The van der Waals surface area contributed by atoms with Crippen LogP contribution < -0.4 is 5.32 Å². The van der Waals surface area contributed by atoms with E-state index in [2.05, 4.69) is 20.8 Å². The molecule has 1 atom stereocenters. The molecule has 0 saturated carbocycles. The highest BCUT2D eigenvalue weighted by Crippen LogP contribution is 2.08. The average Bonchev–Trinajstić information content (AvgIpc) is 2.88. The lowest BCUT2D eigenvalue weighted by Gasteiger charge is -2.00. The van der Waals surface area contributed by atoms with Crippen LogP contribution in [0.2, 0.25) is 0 Å². The number of rotatable bonds is 4. The standard InChI is InChI=1S/C10H13N5O3/c1-6-3-9(13-18-6)11-10(17)5-15-4-8(7(2)16)12-14-15/h3-4,7,16H,5H2,1-2H3,(H,11,13,17). The Labute approximate surface area is 103 Å². The highest BCUT2D eigenvalue weighted by Gasteiger charge is 2.10. The third kappa shape index (κ3) is 2.92. The van der Waals surface area contributed by atoms with Crippen LogP contribution in [0.4, 0.5) is 5.82 Å². The van der Waals surface area contributed by atoms with Crippen LogP contribution in [0, 0.1) is 6.92 Å². The van der Waals surface area contributed by atoms with Crippen LogP contribution >= 0.6 is 0 Å². The van der Waals surface area contributed by atoms with Gasteiger partial charge in [0, 0.05) is 6.07 Å². The molecule has 0 aromatic carbocycles. The fraction of sp³-hybridized carbons (Fsp3) is 0.400. The molecule has 0 bridgehead atoms. The zero-order valence-corrected chi connectivity index (χ0v) is 9.99. The number of carbonyl (C=O) groups is 1. The van der Waals surface area contributed by atoms with Crippen molar-refractivity contribution in [3.63, 3.8) is 0 Å². The van der Waals surface area contributed by atoms with Crippen LogP contribution in [-0.4, -0.2) is 31.2 Å². The van der Waals surface area contributed by atoms with E-state index >= 15 is 0 Å². The molecule has 2 aromatic heterocycles. The van der Waals surface area contributed by atoms with Crippen molar-refractivity contribution in [2.75, 3.05) is 5.32 Å². The van der Waals surface area contributed by atoms with Crippen LogP contribution in [0.3, 0.4) is 0 Å². The average molecular weight is 251 g/mol. The summed E-state index contributed by atoms with van der Waals surface area (Å²) in [6.07, 6.45) is 0.804. The smallest absolute Gasteiger partial charge is 0.247 e. The number of amides is 1. The number of aliphatic hydroxyl groups is 1. The molecule has 0 fully saturated rings. The van der Waals surface area contributed by atoms with E-state index in [1.54, 1.807) is 19.9 Å². The molecule has 0 aliphatic heterocycles. The van der Waals surface area contributed by atoms with Gasteiger partial charge in [0.15, 0.2) is 5.82 Å². The van der Waals surface area contributed by atoms with Crippen molar-refractivity contribution in [2.45, 2.75) is 26.5 Å². The number of anilines is 1. The predicted octanol–water partition coefficient (Wildman–Crippen LogP) is 0.267. The summed E-state index contributed by atoms with van der Waals surface area (Å²) in [6, 6.07) is 1.61. The molecule has 0 spiro atoms. The lowest BCUT2D eigenvalue weighted by molar-refractivity contribution is -0.117. The largest absolute Gasteiger partial charge is 0.387 e. The quantitative estimate of drug-likeness (QED) is 0.807. The van der Waals surface area contributed by atoms with Crippen molar-refractivity contribution in [2.24, 2.45) is 0 Å². The maximum atomic E-state index is 11.6. The van der Waals surface area contributed by atoms with E-state index in [0.29, 0.717) is 17.3 Å². The Morgan fingerprint density at radius 3 is 3.00 bits per heavy atom. The minimum absolute atomic E-state index is 0.00831. The Kier molecular flexibility index (Phi) is 3.38. The van der Waals surface area contributed by atoms with Gasteiger partial charge < -0.3 is 14.9 Å². The Bertz CT molecular complexity index is 545. The number of nitrogens with zero attached hydrogens (tertiary/aromatic N) is 4. The van der Waals surface area contributed by atoms with Gasteiger partial charge >= 0.3 is 0 Å². The summed E-state index contributed by atoms with van der Waals surface area (Å²) in [5, 5.41) is 22.9. The topological polar surface area (TPSA) is 106 Å². The number of aryl methyl sites for hydroxylation is 1. The van der Waals surface area contributed by atoms with E-state index in [4.69, 9.17) is 4.52 Å². The maximum Gasteiger partial charge on any atom is 0.247 e. The number of hydrogen-bond acceptors (Lipinski definition) is 6. The minimum atomic E-state index is -0.708. The number of aliphatic hydroxyl groups excluding tert-OH is 1. The number of carbonyl (C=O) groups excluding carboxylic acids is 1. The fourth-order valence-corrected chi connectivity index (χ4v) is 1.34.